The van der Waals surface area contributed by atoms with Gasteiger partial charge >= 0.3 is 0 Å². The molecule has 1 amide bonds. The van der Waals surface area contributed by atoms with E-state index in [-0.39, 0.29) is 16.7 Å². The van der Waals surface area contributed by atoms with Gasteiger partial charge in [0, 0.05) is 18.8 Å². The molecular weight excluding hydrogens is 372 g/mol. The Balaban J connectivity index is 1.29. The summed E-state index contributed by atoms with van der Waals surface area (Å²) in [6.07, 6.45) is 4.05. The van der Waals surface area contributed by atoms with E-state index in [2.05, 4.69) is 50.7 Å². The maximum atomic E-state index is 12.3. The Bertz CT molecular complexity index is 820. The maximum Gasteiger partial charge on any atom is 0.272 e. The SMILES string of the molecule is O=C(N[C@H]1CCSC1=O)c1ccc(N2CCC(Cc3ccccc3)CC2)nn1. The number of nitrogens with zero attached hydrogens (tertiary/aromatic N) is 3. The molecule has 6 nitrogen and oxygen atoms in total. The van der Waals surface area contributed by atoms with Crippen molar-refractivity contribution < 1.29 is 9.59 Å². The van der Waals surface area contributed by atoms with E-state index in [0.717, 1.165) is 43.9 Å². The van der Waals surface area contributed by atoms with Crippen LogP contribution in [0, 0.1) is 5.92 Å². The molecule has 1 atom stereocenters. The van der Waals surface area contributed by atoms with E-state index in [1.165, 1.54) is 17.3 Å². The number of benzene rings is 1. The number of rotatable bonds is 5. The molecule has 2 saturated heterocycles. The molecule has 146 valence electrons. The quantitative estimate of drug-likeness (QED) is 0.838. The second kappa shape index (κ2) is 8.73. The molecule has 0 bridgehead atoms. The normalized spacial score (nSPS) is 20.4. The average molecular weight is 397 g/mol. The number of hydrogen-bond donors (Lipinski definition) is 1. The Morgan fingerprint density at radius 3 is 2.50 bits per heavy atom. The van der Waals surface area contributed by atoms with Crippen molar-refractivity contribution in [2.24, 2.45) is 5.92 Å². The highest BCUT2D eigenvalue weighted by molar-refractivity contribution is 8.14. The van der Waals surface area contributed by atoms with Crippen molar-refractivity contribution in [2.45, 2.75) is 31.7 Å². The zero-order chi connectivity index (χ0) is 19.3. The number of amides is 1. The Labute approximate surface area is 169 Å². The topological polar surface area (TPSA) is 75.2 Å². The molecule has 0 radical (unpaired) electrons. The van der Waals surface area contributed by atoms with E-state index >= 15 is 0 Å². The lowest BCUT2D eigenvalue weighted by atomic mass is 9.90. The molecule has 3 heterocycles. The Kier molecular flexibility index (Phi) is 5.90. The number of hydrogen-bond acceptors (Lipinski definition) is 6. The summed E-state index contributed by atoms with van der Waals surface area (Å²) in [4.78, 5) is 26.1. The van der Waals surface area contributed by atoms with Crippen LogP contribution in [0.3, 0.4) is 0 Å². The third-order valence-electron chi connectivity index (χ3n) is 5.43. The summed E-state index contributed by atoms with van der Waals surface area (Å²) in [6.45, 7) is 1.90. The third kappa shape index (κ3) is 4.52. The van der Waals surface area contributed by atoms with Crippen LogP contribution in [-0.4, -0.2) is 46.1 Å². The standard InChI is InChI=1S/C21H24N4O2S/c26-20(22-18-10-13-28-21(18)27)17-6-7-19(24-23-17)25-11-8-16(9-12-25)14-15-4-2-1-3-5-15/h1-7,16,18H,8-14H2,(H,22,26)/t18-/m0/s1. The van der Waals surface area contributed by atoms with Gasteiger partial charge in [0.05, 0.1) is 6.04 Å². The zero-order valence-corrected chi connectivity index (χ0v) is 16.5. The van der Waals surface area contributed by atoms with Crippen molar-refractivity contribution in [3.05, 3.63) is 53.7 Å². The van der Waals surface area contributed by atoms with Gasteiger partial charge < -0.3 is 10.2 Å². The monoisotopic (exact) mass is 396 g/mol. The molecule has 1 N–H and O–H groups in total. The molecule has 0 saturated carbocycles. The molecule has 2 aliphatic rings. The molecular formula is C21H24N4O2S. The zero-order valence-electron chi connectivity index (χ0n) is 15.7. The number of nitrogens with one attached hydrogen (secondary N) is 1. The van der Waals surface area contributed by atoms with E-state index < -0.39 is 6.04 Å². The van der Waals surface area contributed by atoms with E-state index in [0.29, 0.717) is 12.3 Å². The first-order chi connectivity index (χ1) is 13.7. The van der Waals surface area contributed by atoms with Gasteiger partial charge in [0.25, 0.3) is 5.91 Å². The van der Waals surface area contributed by atoms with Crippen LogP contribution in [0.2, 0.25) is 0 Å². The lowest BCUT2D eigenvalue weighted by Crippen LogP contribution is -2.38. The van der Waals surface area contributed by atoms with Crippen LogP contribution in [0.25, 0.3) is 0 Å². The van der Waals surface area contributed by atoms with Crippen molar-refractivity contribution >= 4 is 28.6 Å². The van der Waals surface area contributed by atoms with E-state index in [1.54, 1.807) is 6.07 Å². The van der Waals surface area contributed by atoms with Gasteiger partial charge in [-0.2, -0.15) is 0 Å². The van der Waals surface area contributed by atoms with Gasteiger partial charge in [-0.05, 0) is 49.3 Å². The number of piperidine rings is 1. The Hall–Kier alpha value is -2.41. The first-order valence-corrected chi connectivity index (χ1v) is 10.8. The molecule has 1 aromatic heterocycles. The second-order valence-electron chi connectivity index (χ2n) is 7.38. The van der Waals surface area contributed by atoms with E-state index in [1.807, 2.05) is 6.07 Å². The largest absolute Gasteiger partial charge is 0.355 e. The molecule has 2 fully saturated rings. The van der Waals surface area contributed by atoms with E-state index in [4.69, 9.17) is 0 Å². The number of anilines is 1. The van der Waals surface area contributed by atoms with Crippen molar-refractivity contribution in [2.75, 3.05) is 23.7 Å². The van der Waals surface area contributed by atoms with Crippen molar-refractivity contribution in [1.82, 2.24) is 15.5 Å². The van der Waals surface area contributed by atoms with Crippen LogP contribution in [-0.2, 0) is 11.2 Å². The van der Waals surface area contributed by atoms with Crippen molar-refractivity contribution in [3.8, 4) is 0 Å². The first-order valence-electron chi connectivity index (χ1n) is 9.79. The number of carbonyl (C=O) groups is 2. The molecule has 1 aromatic carbocycles. The smallest absolute Gasteiger partial charge is 0.272 e. The van der Waals surface area contributed by atoms with Crippen molar-refractivity contribution in [3.63, 3.8) is 0 Å². The van der Waals surface area contributed by atoms with Crippen LogP contribution in [0.4, 0.5) is 5.82 Å². The molecule has 2 aliphatic heterocycles. The molecule has 0 aliphatic carbocycles. The van der Waals surface area contributed by atoms with Gasteiger partial charge in [-0.3, -0.25) is 9.59 Å². The van der Waals surface area contributed by atoms with Gasteiger partial charge in [0.15, 0.2) is 11.5 Å². The Morgan fingerprint density at radius 2 is 1.86 bits per heavy atom. The predicted molar refractivity (Wildman–Crippen MR) is 110 cm³/mol. The van der Waals surface area contributed by atoms with Gasteiger partial charge in [-0.15, -0.1) is 10.2 Å². The van der Waals surface area contributed by atoms with Gasteiger partial charge in [-0.1, -0.05) is 42.1 Å². The van der Waals surface area contributed by atoms with Crippen LogP contribution in [0.5, 0.6) is 0 Å². The van der Waals surface area contributed by atoms with Gasteiger partial charge in [0.2, 0.25) is 5.12 Å². The summed E-state index contributed by atoms with van der Waals surface area (Å²) in [6, 6.07) is 13.8. The van der Waals surface area contributed by atoms with Gasteiger partial charge in [-0.25, -0.2) is 0 Å². The second-order valence-corrected chi connectivity index (χ2v) is 8.48. The molecule has 28 heavy (non-hydrogen) atoms. The highest BCUT2D eigenvalue weighted by atomic mass is 32.2. The minimum absolute atomic E-state index is 0.0244. The average Bonchev–Trinajstić information content (AvgIpc) is 3.14. The van der Waals surface area contributed by atoms with Crippen LogP contribution >= 0.6 is 11.8 Å². The molecule has 2 aromatic rings. The number of carbonyl (C=O) groups excluding carboxylic acids is 2. The fraction of sp³-hybridized carbons (Fsp3) is 0.429. The molecule has 7 heteroatoms. The lowest BCUT2D eigenvalue weighted by Gasteiger charge is -2.32. The fourth-order valence-corrected chi connectivity index (χ4v) is 4.72. The van der Waals surface area contributed by atoms with Crippen LogP contribution < -0.4 is 10.2 Å². The van der Waals surface area contributed by atoms with E-state index in [9.17, 15) is 9.59 Å². The molecule has 0 spiro atoms. The van der Waals surface area contributed by atoms with Crippen molar-refractivity contribution in [1.29, 1.82) is 0 Å². The van der Waals surface area contributed by atoms with Crippen LogP contribution in [0.15, 0.2) is 42.5 Å². The summed E-state index contributed by atoms with van der Waals surface area (Å²) in [5, 5.41) is 11.1. The maximum absolute atomic E-state index is 12.3. The predicted octanol–water partition coefficient (Wildman–Crippen LogP) is 2.70. The lowest BCUT2D eigenvalue weighted by molar-refractivity contribution is -0.112. The molecule has 0 unspecified atom stereocenters. The number of aromatic nitrogens is 2. The first kappa shape index (κ1) is 18.9. The molecule has 4 rings (SSSR count). The third-order valence-corrected chi connectivity index (χ3v) is 6.44. The highest BCUT2D eigenvalue weighted by Crippen LogP contribution is 2.24. The summed E-state index contributed by atoms with van der Waals surface area (Å²) >= 11 is 1.27. The summed E-state index contributed by atoms with van der Waals surface area (Å²) in [5.74, 6) is 1.93. The Morgan fingerprint density at radius 1 is 1.07 bits per heavy atom. The minimum Gasteiger partial charge on any atom is -0.355 e. The minimum atomic E-state index is -0.400. The summed E-state index contributed by atoms with van der Waals surface area (Å²) in [5.41, 5.74) is 1.66. The number of thioether (sulfide) groups is 1. The van der Waals surface area contributed by atoms with Gasteiger partial charge in [0.1, 0.15) is 0 Å². The highest BCUT2D eigenvalue weighted by Gasteiger charge is 2.27. The summed E-state index contributed by atoms with van der Waals surface area (Å²) < 4.78 is 0. The fourth-order valence-electron chi connectivity index (χ4n) is 3.79. The summed E-state index contributed by atoms with van der Waals surface area (Å²) in [7, 11) is 0. The van der Waals surface area contributed by atoms with Crippen LogP contribution in [0.1, 0.15) is 35.3 Å².